The molecule has 0 saturated carbocycles. The lowest BCUT2D eigenvalue weighted by molar-refractivity contribution is -0.144. The molecule has 0 radical (unpaired) electrons. The standard InChI is InChI=1S/C16H26N6O5.2ClH/c1-2-3-15(25)27-5-4-19-16(26)12(6-11-8-18-10-21-11)22-14(24)9-20-13(23)7-17;;/h8,10,12H,2-7,9,17H2,1H3,(H,18,21)(H,19,26)(H,20,23)(H,22,24);2*1H/t12-;;/m0../s1. The van der Waals surface area contributed by atoms with Gasteiger partial charge in [-0.3, -0.25) is 19.2 Å². The number of nitrogens with two attached hydrogens (primary N) is 1. The number of ether oxygens (including phenoxy) is 1. The van der Waals surface area contributed by atoms with Gasteiger partial charge in [-0.2, -0.15) is 0 Å². The normalized spacial score (nSPS) is 10.6. The molecule has 0 aliphatic rings. The fourth-order valence-electron chi connectivity index (χ4n) is 2.06. The summed E-state index contributed by atoms with van der Waals surface area (Å²) >= 11 is 0. The number of hydrogen-bond donors (Lipinski definition) is 5. The average molecular weight is 455 g/mol. The van der Waals surface area contributed by atoms with E-state index in [2.05, 4.69) is 25.9 Å². The van der Waals surface area contributed by atoms with Crippen molar-refractivity contribution in [3.8, 4) is 0 Å². The van der Waals surface area contributed by atoms with E-state index in [0.29, 0.717) is 18.5 Å². The third kappa shape index (κ3) is 12.7. The van der Waals surface area contributed by atoms with E-state index in [1.807, 2.05) is 6.92 Å². The Morgan fingerprint density at radius 3 is 2.52 bits per heavy atom. The van der Waals surface area contributed by atoms with Crippen LogP contribution in [0.1, 0.15) is 25.5 Å². The van der Waals surface area contributed by atoms with Crippen molar-refractivity contribution in [2.75, 3.05) is 26.2 Å². The number of carbonyl (C=O) groups is 4. The fraction of sp³-hybridized carbons (Fsp3) is 0.562. The summed E-state index contributed by atoms with van der Waals surface area (Å²) in [7, 11) is 0. The van der Waals surface area contributed by atoms with Crippen molar-refractivity contribution >= 4 is 48.5 Å². The molecule has 0 aliphatic heterocycles. The molecule has 11 nitrogen and oxygen atoms in total. The number of esters is 1. The summed E-state index contributed by atoms with van der Waals surface area (Å²) in [6.07, 6.45) is 4.18. The molecule has 13 heteroatoms. The zero-order valence-corrected chi connectivity index (χ0v) is 17.7. The Hall–Kier alpha value is -2.37. The molecule has 0 unspecified atom stereocenters. The number of amides is 3. The highest BCUT2D eigenvalue weighted by Crippen LogP contribution is 1.99. The molecule has 29 heavy (non-hydrogen) atoms. The van der Waals surface area contributed by atoms with E-state index in [4.69, 9.17) is 10.5 Å². The Morgan fingerprint density at radius 2 is 1.93 bits per heavy atom. The van der Waals surface area contributed by atoms with Gasteiger partial charge in [0.1, 0.15) is 12.6 Å². The van der Waals surface area contributed by atoms with Crippen LogP contribution in [0, 0.1) is 0 Å². The van der Waals surface area contributed by atoms with Gasteiger partial charge in [0.05, 0.1) is 26.0 Å². The second-order valence-corrected chi connectivity index (χ2v) is 5.64. The second-order valence-electron chi connectivity index (χ2n) is 5.64. The first-order chi connectivity index (χ1) is 13.0. The van der Waals surface area contributed by atoms with Crippen LogP contribution < -0.4 is 21.7 Å². The van der Waals surface area contributed by atoms with Crippen LogP contribution in [-0.4, -0.2) is 65.9 Å². The number of aromatic nitrogens is 2. The van der Waals surface area contributed by atoms with Crippen molar-refractivity contribution < 1.29 is 23.9 Å². The second kappa shape index (κ2) is 16.6. The van der Waals surface area contributed by atoms with Crippen LogP contribution in [0.4, 0.5) is 0 Å². The number of halogens is 2. The highest BCUT2D eigenvalue weighted by atomic mass is 35.5. The molecule has 0 bridgehead atoms. The molecule has 1 heterocycles. The smallest absolute Gasteiger partial charge is 0.305 e. The van der Waals surface area contributed by atoms with E-state index in [0.717, 1.165) is 0 Å². The lowest BCUT2D eigenvalue weighted by Crippen LogP contribution is -2.51. The summed E-state index contributed by atoms with van der Waals surface area (Å²) in [5.74, 6) is -1.79. The zero-order valence-electron chi connectivity index (χ0n) is 16.1. The van der Waals surface area contributed by atoms with E-state index >= 15 is 0 Å². The Bertz CT molecular complexity index is 629. The predicted molar refractivity (Wildman–Crippen MR) is 110 cm³/mol. The van der Waals surface area contributed by atoms with E-state index in [1.165, 1.54) is 12.5 Å². The molecule has 0 saturated heterocycles. The third-order valence-corrected chi connectivity index (χ3v) is 3.38. The zero-order chi connectivity index (χ0) is 20.1. The number of aromatic amines is 1. The van der Waals surface area contributed by atoms with E-state index < -0.39 is 23.8 Å². The first kappa shape index (κ1) is 28.8. The summed E-state index contributed by atoms with van der Waals surface area (Å²) in [4.78, 5) is 53.4. The minimum atomic E-state index is -0.890. The van der Waals surface area contributed by atoms with Crippen LogP contribution >= 0.6 is 24.8 Å². The van der Waals surface area contributed by atoms with Crippen molar-refractivity contribution in [2.24, 2.45) is 5.73 Å². The third-order valence-electron chi connectivity index (χ3n) is 3.38. The summed E-state index contributed by atoms with van der Waals surface area (Å²) in [5, 5.41) is 7.47. The Kier molecular flexibility index (Phi) is 16.5. The SMILES string of the molecule is CCCC(=O)OCCNC(=O)[C@H](Cc1cnc[nH]1)NC(=O)CNC(=O)CN.Cl.Cl. The van der Waals surface area contributed by atoms with Gasteiger partial charge >= 0.3 is 5.97 Å². The largest absolute Gasteiger partial charge is 0.464 e. The van der Waals surface area contributed by atoms with Crippen molar-refractivity contribution in [3.63, 3.8) is 0 Å². The number of nitrogens with one attached hydrogen (secondary N) is 4. The van der Waals surface area contributed by atoms with E-state index in [-0.39, 0.29) is 63.4 Å². The van der Waals surface area contributed by atoms with Crippen LogP contribution in [0.25, 0.3) is 0 Å². The Labute approximate surface area is 181 Å². The first-order valence-electron chi connectivity index (χ1n) is 8.63. The van der Waals surface area contributed by atoms with E-state index in [1.54, 1.807) is 0 Å². The number of imidazole rings is 1. The number of H-pyrrole nitrogens is 1. The summed E-state index contributed by atoms with van der Waals surface area (Å²) in [6, 6.07) is -0.890. The number of rotatable bonds is 12. The monoisotopic (exact) mass is 454 g/mol. The topological polar surface area (TPSA) is 168 Å². The quantitative estimate of drug-likeness (QED) is 0.195. The van der Waals surface area contributed by atoms with Crippen LogP contribution in [-0.2, 0) is 30.3 Å². The molecule has 166 valence electrons. The molecule has 6 N–H and O–H groups in total. The van der Waals surface area contributed by atoms with E-state index in [9.17, 15) is 19.2 Å². The molecule has 3 amide bonds. The molecule has 1 atom stereocenters. The maximum Gasteiger partial charge on any atom is 0.305 e. The van der Waals surface area contributed by atoms with Crippen molar-refractivity contribution in [2.45, 2.75) is 32.2 Å². The van der Waals surface area contributed by atoms with Crippen LogP contribution in [0.2, 0.25) is 0 Å². The highest BCUT2D eigenvalue weighted by molar-refractivity contribution is 5.90. The Balaban J connectivity index is 0. The van der Waals surface area contributed by atoms with Gasteiger partial charge in [-0.15, -0.1) is 24.8 Å². The van der Waals surface area contributed by atoms with Crippen LogP contribution in [0.3, 0.4) is 0 Å². The summed E-state index contributed by atoms with van der Waals surface area (Å²) in [6.45, 7) is 1.50. The van der Waals surface area contributed by atoms with Gasteiger partial charge in [0, 0.05) is 24.7 Å². The number of carbonyl (C=O) groups excluding carboxylic acids is 4. The number of nitrogens with zero attached hydrogens (tertiary/aromatic N) is 1. The van der Waals surface area contributed by atoms with Gasteiger partial charge in [-0.05, 0) is 6.42 Å². The lowest BCUT2D eigenvalue weighted by Gasteiger charge is -2.18. The lowest BCUT2D eigenvalue weighted by atomic mass is 10.1. The van der Waals surface area contributed by atoms with Crippen LogP contribution in [0.15, 0.2) is 12.5 Å². The van der Waals surface area contributed by atoms with Crippen molar-refractivity contribution in [1.82, 2.24) is 25.9 Å². The van der Waals surface area contributed by atoms with Crippen LogP contribution in [0.5, 0.6) is 0 Å². The molecule has 0 fully saturated rings. The molecule has 0 spiro atoms. The summed E-state index contributed by atoms with van der Waals surface area (Å²) in [5.41, 5.74) is 5.80. The van der Waals surface area contributed by atoms with Gasteiger partial charge in [-0.1, -0.05) is 6.92 Å². The van der Waals surface area contributed by atoms with Gasteiger partial charge in [0.2, 0.25) is 17.7 Å². The van der Waals surface area contributed by atoms with Gasteiger partial charge in [0.25, 0.3) is 0 Å². The minimum Gasteiger partial charge on any atom is -0.464 e. The molecule has 1 aromatic heterocycles. The van der Waals surface area contributed by atoms with Gasteiger partial charge < -0.3 is 31.4 Å². The maximum atomic E-state index is 12.4. The predicted octanol–water partition coefficient (Wildman–Crippen LogP) is -1.18. The molecule has 0 aromatic carbocycles. The molecular weight excluding hydrogens is 427 g/mol. The minimum absolute atomic E-state index is 0. The molecule has 1 aromatic rings. The maximum absolute atomic E-state index is 12.4. The average Bonchev–Trinajstić information content (AvgIpc) is 3.15. The summed E-state index contributed by atoms with van der Waals surface area (Å²) < 4.78 is 4.96. The molecular formula is C16H28Cl2N6O5. The first-order valence-corrected chi connectivity index (χ1v) is 8.63. The molecule has 0 aliphatic carbocycles. The highest BCUT2D eigenvalue weighted by Gasteiger charge is 2.22. The number of hydrogen-bond acceptors (Lipinski definition) is 7. The van der Waals surface area contributed by atoms with Crippen molar-refractivity contribution in [1.29, 1.82) is 0 Å². The van der Waals surface area contributed by atoms with Gasteiger partial charge in [-0.25, -0.2) is 4.98 Å². The van der Waals surface area contributed by atoms with Crippen molar-refractivity contribution in [3.05, 3.63) is 18.2 Å². The van der Waals surface area contributed by atoms with Gasteiger partial charge in [0.15, 0.2) is 0 Å². The Morgan fingerprint density at radius 1 is 1.21 bits per heavy atom. The molecule has 1 rings (SSSR count). The fourth-order valence-corrected chi connectivity index (χ4v) is 2.06.